The Hall–Kier alpha value is -1.39. The maximum absolute atomic E-state index is 5.53. The van der Waals surface area contributed by atoms with Crippen molar-refractivity contribution in [2.75, 3.05) is 13.7 Å². The van der Waals surface area contributed by atoms with Crippen molar-refractivity contribution in [2.24, 2.45) is 5.73 Å². The van der Waals surface area contributed by atoms with E-state index < -0.39 is 0 Å². The van der Waals surface area contributed by atoms with Gasteiger partial charge in [0, 0.05) is 20.1 Å². The van der Waals surface area contributed by atoms with Gasteiger partial charge in [0.25, 0.3) is 0 Å². The minimum Gasteiger partial charge on any atom is -0.441 e. The molecule has 0 bridgehead atoms. The highest BCUT2D eigenvalue weighted by Gasteiger charge is 2.04. The summed E-state index contributed by atoms with van der Waals surface area (Å²) < 4.78 is 5.40. The first kappa shape index (κ1) is 10.1. The summed E-state index contributed by atoms with van der Waals surface area (Å²) in [5.74, 6) is 0.703. The number of aryl methyl sites for hydroxylation is 1. The van der Waals surface area contributed by atoms with Gasteiger partial charge in [-0.05, 0) is 24.7 Å². The van der Waals surface area contributed by atoms with Gasteiger partial charge in [-0.3, -0.25) is 4.90 Å². The molecule has 0 saturated heterocycles. The van der Waals surface area contributed by atoms with E-state index in [0.29, 0.717) is 12.6 Å². The predicted molar refractivity (Wildman–Crippen MR) is 59.3 cm³/mol. The number of hydrogen-bond acceptors (Lipinski definition) is 4. The highest BCUT2D eigenvalue weighted by molar-refractivity contribution is 5.73. The summed E-state index contributed by atoms with van der Waals surface area (Å²) in [5, 5.41) is 0. The summed E-state index contributed by atoms with van der Waals surface area (Å²) in [6, 6.07) is 6.03. The van der Waals surface area contributed by atoms with Gasteiger partial charge in [-0.25, -0.2) is 4.98 Å². The van der Waals surface area contributed by atoms with Crippen LogP contribution >= 0.6 is 0 Å². The van der Waals surface area contributed by atoms with Gasteiger partial charge < -0.3 is 10.2 Å². The van der Waals surface area contributed by atoms with Crippen molar-refractivity contribution in [1.82, 2.24) is 9.88 Å². The van der Waals surface area contributed by atoms with E-state index in [1.807, 2.05) is 37.1 Å². The third-order valence-electron chi connectivity index (χ3n) is 2.32. The minimum atomic E-state index is 0.551. The molecule has 0 atom stereocenters. The van der Waals surface area contributed by atoms with Gasteiger partial charge >= 0.3 is 0 Å². The zero-order chi connectivity index (χ0) is 10.8. The highest BCUT2D eigenvalue weighted by atomic mass is 16.3. The Morgan fingerprint density at radius 1 is 1.47 bits per heavy atom. The fourth-order valence-corrected chi connectivity index (χ4v) is 1.56. The molecule has 0 amide bonds. The van der Waals surface area contributed by atoms with E-state index in [2.05, 4.69) is 4.98 Å². The fraction of sp³-hybridized carbons (Fsp3) is 0.364. The summed E-state index contributed by atoms with van der Waals surface area (Å²) >= 11 is 0. The van der Waals surface area contributed by atoms with Crippen molar-refractivity contribution in [2.45, 2.75) is 13.5 Å². The number of rotatable bonds is 3. The molecule has 2 aromatic rings. The van der Waals surface area contributed by atoms with Crippen molar-refractivity contribution in [3.05, 3.63) is 29.7 Å². The lowest BCUT2D eigenvalue weighted by Gasteiger charge is -2.12. The molecule has 2 N–H and O–H groups in total. The summed E-state index contributed by atoms with van der Waals surface area (Å²) in [4.78, 5) is 6.33. The van der Waals surface area contributed by atoms with Crippen molar-refractivity contribution in [1.29, 1.82) is 0 Å². The maximum atomic E-state index is 5.53. The number of fused-ring (bicyclic) bond motifs is 1. The standard InChI is InChI=1S/C11H15N3O/c1-8-13-10-5-9(6-14(2)7-12)3-4-11(10)15-8/h3-5H,6-7,12H2,1-2H3. The molecule has 4 nitrogen and oxygen atoms in total. The summed E-state index contributed by atoms with van der Waals surface area (Å²) in [7, 11) is 1.98. The van der Waals surface area contributed by atoms with Gasteiger partial charge in [0.15, 0.2) is 11.5 Å². The monoisotopic (exact) mass is 205 g/mol. The summed E-state index contributed by atoms with van der Waals surface area (Å²) in [6.07, 6.45) is 0. The quantitative estimate of drug-likeness (QED) is 0.771. The molecule has 0 aliphatic rings. The van der Waals surface area contributed by atoms with Crippen LogP contribution in [-0.4, -0.2) is 23.6 Å². The molecular formula is C11H15N3O. The molecule has 0 aliphatic carbocycles. The zero-order valence-corrected chi connectivity index (χ0v) is 9.03. The van der Waals surface area contributed by atoms with Crippen LogP contribution in [0.5, 0.6) is 0 Å². The van der Waals surface area contributed by atoms with Crippen molar-refractivity contribution >= 4 is 11.1 Å². The number of benzene rings is 1. The first-order valence-corrected chi connectivity index (χ1v) is 4.93. The second kappa shape index (κ2) is 4.00. The number of nitrogens with zero attached hydrogens (tertiary/aromatic N) is 2. The van der Waals surface area contributed by atoms with Crippen LogP contribution in [0.3, 0.4) is 0 Å². The number of hydrogen-bond donors (Lipinski definition) is 1. The zero-order valence-electron chi connectivity index (χ0n) is 9.03. The van der Waals surface area contributed by atoms with Crippen LogP contribution < -0.4 is 5.73 Å². The first-order chi connectivity index (χ1) is 7.19. The maximum Gasteiger partial charge on any atom is 0.192 e. The SMILES string of the molecule is Cc1nc2cc(CN(C)CN)ccc2o1. The molecule has 0 unspecified atom stereocenters. The molecule has 4 heteroatoms. The predicted octanol–water partition coefficient (Wildman–Crippen LogP) is 1.48. The average molecular weight is 205 g/mol. The van der Waals surface area contributed by atoms with Crippen LogP contribution in [0.25, 0.3) is 11.1 Å². The normalized spacial score (nSPS) is 11.5. The van der Waals surface area contributed by atoms with E-state index >= 15 is 0 Å². The number of nitrogens with two attached hydrogens (primary N) is 1. The Morgan fingerprint density at radius 2 is 2.27 bits per heavy atom. The summed E-state index contributed by atoms with van der Waals surface area (Å²) in [6.45, 7) is 3.24. The van der Waals surface area contributed by atoms with Gasteiger partial charge in [0.2, 0.25) is 0 Å². The van der Waals surface area contributed by atoms with Crippen LogP contribution in [-0.2, 0) is 6.54 Å². The molecule has 15 heavy (non-hydrogen) atoms. The lowest BCUT2D eigenvalue weighted by Crippen LogP contribution is -2.24. The molecule has 2 rings (SSSR count). The first-order valence-electron chi connectivity index (χ1n) is 4.93. The molecule has 0 saturated carbocycles. The molecule has 1 heterocycles. The Labute approximate surface area is 88.7 Å². The second-order valence-corrected chi connectivity index (χ2v) is 3.73. The number of oxazole rings is 1. The average Bonchev–Trinajstić information content (AvgIpc) is 2.57. The molecule has 0 radical (unpaired) electrons. The van der Waals surface area contributed by atoms with Gasteiger partial charge in [-0.1, -0.05) is 6.07 Å². The Morgan fingerprint density at radius 3 is 3.00 bits per heavy atom. The van der Waals surface area contributed by atoms with Gasteiger partial charge in [-0.15, -0.1) is 0 Å². The van der Waals surface area contributed by atoms with Crippen LogP contribution in [0.2, 0.25) is 0 Å². The molecule has 0 spiro atoms. The Kier molecular flexibility index (Phi) is 2.70. The lowest BCUT2D eigenvalue weighted by molar-refractivity contribution is 0.337. The highest BCUT2D eigenvalue weighted by Crippen LogP contribution is 2.17. The van der Waals surface area contributed by atoms with Crippen LogP contribution in [0.4, 0.5) is 0 Å². The van der Waals surface area contributed by atoms with E-state index in [1.165, 1.54) is 5.56 Å². The largest absolute Gasteiger partial charge is 0.441 e. The number of aromatic nitrogens is 1. The van der Waals surface area contributed by atoms with Gasteiger partial charge in [-0.2, -0.15) is 0 Å². The third-order valence-corrected chi connectivity index (χ3v) is 2.32. The van der Waals surface area contributed by atoms with E-state index in [1.54, 1.807) is 0 Å². The van der Waals surface area contributed by atoms with E-state index in [4.69, 9.17) is 10.2 Å². The van der Waals surface area contributed by atoms with E-state index in [-0.39, 0.29) is 0 Å². The van der Waals surface area contributed by atoms with Gasteiger partial charge in [0.1, 0.15) is 5.52 Å². The van der Waals surface area contributed by atoms with Crippen molar-refractivity contribution in [3.63, 3.8) is 0 Å². The summed E-state index contributed by atoms with van der Waals surface area (Å²) in [5.41, 5.74) is 8.48. The third kappa shape index (κ3) is 2.16. The fourth-order valence-electron chi connectivity index (χ4n) is 1.56. The topological polar surface area (TPSA) is 55.3 Å². The van der Waals surface area contributed by atoms with E-state index in [9.17, 15) is 0 Å². The van der Waals surface area contributed by atoms with Crippen molar-refractivity contribution in [3.8, 4) is 0 Å². The Bertz CT molecular complexity index is 464. The molecule has 0 fully saturated rings. The molecule has 1 aromatic heterocycles. The molecule has 1 aromatic carbocycles. The van der Waals surface area contributed by atoms with Crippen LogP contribution in [0.15, 0.2) is 22.6 Å². The van der Waals surface area contributed by atoms with Gasteiger partial charge in [0.05, 0.1) is 0 Å². The second-order valence-electron chi connectivity index (χ2n) is 3.73. The van der Waals surface area contributed by atoms with E-state index in [0.717, 1.165) is 17.6 Å². The smallest absolute Gasteiger partial charge is 0.192 e. The molecule has 0 aliphatic heterocycles. The molecule has 80 valence electrons. The lowest BCUT2D eigenvalue weighted by atomic mass is 10.2. The Balaban J connectivity index is 2.30. The molecular weight excluding hydrogens is 190 g/mol. The van der Waals surface area contributed by atoms with Crippen LogP contribution in [0, 0.1) is 6.92 Å². The van der Waals surface area contributed by atoms with Crippen LogP contribution in [0.1, 0.15) is 11.5 Å². The minimum absolute atomic E-state index is 0.551. The van der Waals surface area contributed by atoms with Crippen molar-refractivity contribution < 1.29 is 4.42 Å².